The van der Waals surface area contributed by atoms with Gasteiger partial charge < -0.3 is 14.6 Å². The first-order chi connectivity index (χ1) is 9.24. The summed E-state index contributed by atoms with van der Waals surface area (Å²) in [6.45, 7) is 0.0796. The van der Waals surface area contributed by atoms with Crippen molar-refractivity contribution < 1.29 is 19.4 Å². The molecule has 0 saturated heterocycles. The number of carbonyl (C=O) groups is 1. The lowest BCUT2D eigenvalue weighted by Gasteiger charge is -2.07. The monoisotopic (exact) mass is 258 g/mol. The maximum Gasteiger partial charge on any atom is 0.344 e. The van der Waals surface area contributed by atoms with E-state index in [4.69, 9.17) is 14.6 Å². The quantitative estimate of drug-likeness (QED) is 0.837. The topological polar surface area (TPSA) is 55.8 Å². The number of benzene rings is 2. The van der Waals surface area contributed by atoms with Gasteiger partial charge in [0.1, 0.15) is 18.1 Å². The van der Waals surface area contributed by atoms with Crippen LogP contribution in [0.4, 0.5) is 0 Å². The van der Waals surface area contributed by atoms with Gasteiger partial charge in [0.15, 0.2) is 6.61 Å². The minimum Gasteiger partial charge on any atom is -0.508 e. The minimum absolute atomic E-state index is 0.152. The predicted octanol–water partition coefficient (Wildman–Crippen LogP) is 2.51. The van der Waals surface area contributed by atoms with E-state index in [1.807, 2.05) is 30.3 Å². The summed E-state index contributed by atoms with van der Waals surface area (Å²) < 4.78 is 10.3. The van der Waals surface area contributed by atoms with Crippen molar-refractivity contribution in [2.75, 3.05) is 6.61 Å². The molecule has 0 aliphatic carbocycles. The Morgan fingerprint density at radius 1 is 1.00 bits per heavy atom. The fraction of sp³-hybridized carbons (Fsp3) is 0.133. The van der Waals surface area contributed by atoms with Crippen LogP contribution in [-0.2, 0) is 16.1 Å². The first kappa shape index (κ1) is 13.0. The van der Waals surface area contributed by atoms with E-state index in [-0.39, 0.29) is 19.0 Å². The van der Waals surface area contributed by atoms with E-state index >= 15 is 0 Å². The maximum absolute atomic E-state index is 11.5. The van der Waals surface area contributed by atoms with Crippen LogP contribution < -0.4 is 4.74 Å². The predicted molar refractivity (Wildman–Crippen MR) is 69.8 cm³/mol. The van der Waals surface area contributed by atoms with Crippen LogP contribution in [0.25, 0.3) is 0 Å². The van der Waals surface area contributed by atoms with Gasteiger partial charge in [-0.1, -0.05) is 30.3 Å². The molecule has 0 fully saturated rings. The van der Waals surface area contributed by atoms with Gasteiger partial charge in [-0.3, -0.25) is 0 Å². The van der Waals surface area contributed by atoms with Gasteiger partial charge in [-0.25, -0.2) is 4.79 Å². The largest absolute Gasteiger partial charge is 0.508 e. The van der Waals surface area contributed by atoms with Crippen molar-refractivity contribution in [2.45, 2.75) is 6.61 Å². The summed E-state index contributed by atoms with van der Waals surface area (Å²) in [6.07, 6.45) is 0. The molecule has 19 heavy (non-hydrogen) atoms. The van der Waals surface area contributed by atoms with Crippen LogP contribution >= 0.6 is 0 Å². The molecule has 1 N–H and O–H groups in total. The third-order valence-electron chi connectivity index (χ3n) is 2.44. The lowest BCUT2D eigenvalue weighted by Crippen LogP contribution is -2.14. The highest BCUT2D eigenvalue weighted by Gasteiger charge is 2.04. The minimum atomic E-state index is -0.433. The Labute approximate surface area is 111 Å². The number of ether oxygens (including phenoxy) is 2. The molecule has 4 nitrogen and oxygen atoms in total. The zero-order valence-corrected chi connectivity index (χ0v) is 10.3. The molecule has 0 bridgehead atoms. The Morgan fingerprint density at radius 2 is 1.68 bits per heavy atom. The van der Waals surface area contributed by atoms with Crippen LogP contribution in [0.15, 0.2) is 54.6 Å². The zero-order valence-electron chi connectivity index (χ0n) is 10.3. The Morgan fingerprint density at radius 3 is 2.37 bits per heavy atom. The Hall–Kier alpha value is -2.49. The maximum atomic E-state index is 11.5. The zero-order chi connectivity index (χ0) is 13.5. The molecule has 0 saturated carbocycles. The molecular weight excluding hydrogens is 244 g/mol. The van der Waals surface area contributed by atoms with Crippen molar-refractivity contribution in [3.8, 4) is 11.5 Å². The van der Waals surface area contributed by atoms with Crippen molar-refractivity contribution in [2.24, 2.45) is 0 Å². The van der Waals surface area contributed by atoms with E-state index < -0.39 is 5.97 Å². The summed E-state index contributed by atoms with van der Waals surface area (Å²) in [5, 5.41) is 9.10. The normalized spacial score (nSPS) is 9.89. The van der Waals surface area contributed by atoms with Crippen LogP contribution in [0.3, 0.4) is 0 Å². The molecule has 0 aliphatic heterocycles. The first-order valence-electron chi connectivity index (χ1n) is 5.85. The number of carbonyl (C=O) groups excluding carboxylic acids is 1. The standard InChI is InChI=1S/C15H14O4/c16-13-6-8-14(9-7-13)18-11-15(17)19-10-12-4-2-1-3-5-12/h1-9,16H,10-11H2. The molecule has 0 unspecified atom stereocenters. The third-order valence-corrected chi connectivity index (χ3v) is 2.44. The molecule has 4 heteroatoms. The fourth-order valence-electron chi connectivity index (χ4n) is 1.46. The SMILES string of the molecule is O=C(COc1ccc(O)cc1)OCc1ccccc1. The highest BCUT2D eigenvalue weighted by Crippen LogP contribution is 2.15. The molecular formula is C15H14O4. The summed E-state index contributed by atoms with van der Waals surface area (Å²) in [6, 6.07) is 15.6. The Balaban J connectivity index is 1.74. The smallest absolute Gasteiger partial charge is 0.344 e. The second-order valence-electron chi connectivity index (χ2n) is 3.93. The number of hydrogen-bond donors (Lipinski definition) is 1. The molecule has 0 atom stereocenters. The number of rotatable bonds is 5. The van der Waals surface area contributed by atoms with E-state index in [0.717, 1.165) is 5.56 Å². The fourth-order valence-corrected chi connectivity index (χ4v) is 1.46. The van der Waals surface area contributed by atoms with Gasteiger partial charge in [0.05, 0.1) is 0 Å². The average molecular weight is 258 g/mol. The molecule has 0 aromatic heterocycles. The second-order valence-corrected chi connectivity index (χ2v) is 3.93. The number of hydrogen-bond acceptors (Lipinski definition) is 4. The molecule has 0 aliphatic rings. The van der Waals surface area contributed by atoms with Crippen LogP contribution in [0.2, 0.25) is 0 Å². The van der Waals surface area contributed by atoms with E-state index in [0.29, 0.717) is 5.75 Å². The lowest BCUT2D eigenvalue weighted by molar-refractivity contribution is -0.147. The molecule has 2 rings (SSSR count). The number of esters is 1. The summed E-state index contributed by atoms with van der Waals surface area (Å²) in [5.41, 5.74) is 0.931. The van der Waals surface area contributed by atoms with E-state index in [1.165, 1.54) is 12.1 Å². The molecule has 98 valence electrons. The highest BCUT2D eigenvalue weighted by molar-refractivity contribution is 5.71. The third kappa shape index (κ3) is 4.35. The van der Waals surface area contributed by atoms with Crippen molar-refractivity contribution in [1.29, 1.82) is 0 Å². The van der Waals surface area contributed by atoms with E-state index in [1.54, 1.807) is 12.1 Å². The van der Waals surface area contributed by atoms with Crippen molar-refractivity contribution in [3.05, 3.63) is 60.2 Å². The second kappa shape index (κ2) is 6.44. The highest BCUT2D eigenvalue weighted by atomic mass is 16.6. The summed E-state index contributed by atoms with van der Waals surface area (Å²) >= 11 is 0. The molecule has 0 spiro atoms. The Kier molecular flexibility index (Phi) is 4.39. The van der Waals surface area contributed by atoms with Gasteiger partial charge in [-0.2, -0.15) is 0 Å². The summed E-state index contributed by atoms with van der Waals surface area (Å²) in [4.78, 5) is 11.5. The molecule has 2 aromatic carbocycles. The summed E-state index contributed by atoms with van der Waals surface area (Å²) in [5.74, 6) is 0.227. The number of phenolic OH excluding ortho intramolecular Hbond substituents is 1. The van der Waals surface area contributed by atoms with E-state index in [9.17, 15) is 4.79 Å². The lowest BCUT2D eigenvalue weighted by atomic mass is 10.2. The number of aromatic hydroxyl groups is 1. The van der Waals surface area contributed by atoms with Gasteiger partial charge in [0.2, 0.25) is 0 Å². The van der Waals surface area contributed by atoms with Gasteiger partial charge in [-0.05, 0) is 29.8 Å². The molecule has 0 heterocycles. The van der Waals surface area contributed by atoms with Crippen LogP contribution in [0.1, 0.15) is 5.56 Å². The van der Waals surface area contributed by atoms with Crippen molar-refractivity contribution in [3.63, 3.8) is 0 Å². The summed E-state index contributed by atoms with van der Waals surface area (Å²) in [7, 11) is 0. The van der Waals surface area contributed by atoms with Gasteiger partial charge >= 0.3 is 5.97 Å². The van der Waals surface area contributed by atoms with Gasteiger partial charge in [0, 0.05) is 0 Å². The van der Waals surface area contributed by atoms with Crippen LogP contribution in [-0.4, -0.2) is 17.7 Å². The first-order valence-corrected chi connectivity index (χ1v) is 5.85. The van der Waals surface area contributed by atoms with Crippen LogP contribution in [0, 0.1) is 0 Å². The van der Waals surface area contributed by atoms with E-state index in [2.05, 4.69) is 0 Å². The average Bonchev–Trinajstić information content (AvgIpc) is 2.45. The van der Waals surface area contributed by atoms with Crippen LogP contribution in [0.5, 0.6) is 11.5 Å². The molecule has 0 radical (unpaired) electrons. The molecule has 2 aromatic rings. The van der Waals surface area contributed by atoms with Crippen molar-refractivity contribution in [1.82, 2.24) is 0 Å². The Bertz CT molecular complexity index is 520. The molecule has 0 amide bonds. The van der Waals surface area contributed by atoms with Crippen molar-refractivity contribution >= 4 is 5.97 Å². The number of phenols is 1. The van der Waals surface area contributed by atoms with Gasteiger partial charge in [0.25, 0.3) is 0 Å². The van der Waals surface area contributed by atoms with Gasteiger partial charge in [-0.15, -0.1) is 0 Å².